The molecule has 124 valence electrons. The van der Waals surface area contributed by atoms with E-state index in [9.17, 15) is 4.79 Å². The molecule has 1 atom stereocenters. The third kappa shape index (κ3) is 2.74. The van der Waals surface area contributed by atoms with E-state index in [4.69, 9.17) is 4.74 Å². The summed E-state index contributed by atoms with van der Waals surface area (Å²) in [7, 11) is 0. The van der Waals surface area contributed by atoms with Crippen molar-refractivity contribution in [1.29, 1.82) is 0 Å². The van der Waals surface area contributed by atoms with Crippen molar-refractivity contribution in [1.82, 2.24) is 4.90 Å². The Morgan fingerprint density at radius 3 is 2.61 bits per heavy atom. The van der Waals surface area contributed by atoms with E-state index in [1.165, 1.54) is 5.69 Å². The summed E-state index contributed by atoms with van der Waals surface area (Å²) in [6.45, 7) is 4.49. The van der Waals surface area contributed by atoms with Crippen LogP contribution in [0.25, 0.3) is 0 Å². The number of anilines is 1. The molecule has 0 bridgehead atoms. The minimum atomic E-state index is -0.146. The van der Waals surface area contributed by atoms with Gasteiger partial charge in [-0.3, -0.25) is 4.79 Å². The van der Waals surface area contributed by atoms with Gasteiger partial charge in [0.25, 0.3) is 0 Å². The molecule has 3 aliphatic rings. The fraction of sp³-hybridized carbons (Fsp3) is 0.632. The number of nitrogens with zero attached hydrogens (tertiary/aromatic N) is 2. The predicted octanol–water partition coefficient (Wildman–Crippen LogP) is 2.68. The number of carbonyl (C=O) groups is 1. The summed E-state index contributed by atoms with van der Waals surface area (Å²) in [6.07, 6.45) is 5.19. The maximum absolute atomic E-state index is 13.2. The predicted molar refractivity (Wildman–Crippen MR) is 90.5 cm³/mol. The number of hydrogen-bond donors (Lipinski definition) is 0. The highest BCUT2D eigenvalue weighted by Crippen LogP contribution is 2.42. The molecular formula is C19H26N2O2. The van der Waals surface area contributed by atoms with Crippen LogP contribution in [0.2, 0.25) is 0 Å². The molecule has 0 N–H and O–H groups in total. The zero-order valence-corrected chi connectivity index (χ0v) is 13.7. The fourth-order valence-electron chi connectivity index (χ4n) is 4.56. The van der Waals surface area contributed by atoms with E-state index < -0.39 is 0 Å². The Hall–Kier alpha value is -1.55. The largest absolute Gasteiger partial charge is 0.381 e. The van der Waals surface area contributed by atoms with Gasteiger partial charge in [0.05, 0.1) is 5.41 Å². The molecular weight excluding hydrogens is 288 g/mol. The maximum atomic E-state index is 13.2. The number of rotatable bonds is 2. The minimum absolute atomic E-state index is 0.146. The van der Waals surface area contributed by atoms with E-state index in [0.717, 1.165) is 65.0 Å². The number of piperidine rings is 1. The van der Waals surface area contributed by atoms with Gasteiger partial charge in [-0.1, -0.05) is 18.2 Å². The van der Waals surface area contributed by atoms with Crippen molar-refractivity contribution < 1.29 is 9.53 Å². The van der Waals surface area contributed by atoms with Crippen molar-refractivity contribution in [2.75, 3.05) is 37.7 Å². The van der Waals surface area contributed by atoms with Gasteiger partial charge in [-0.25, -0.2) is 0 Å². The molecule has 4 heteroatoms. The van der Waals surface area contributed by atoms with Gasteiger partial charge in [0.2, 0.25) is 5.91 Å². The summed E-state index contributed by atoms with van der Waals surface area (Å²) >= 11 is 0. The lowest BCUT2D eigenvalue weighted by Gasteiger charge is -2.41. The average molecular weight is 314 g/mol. The second-order valence-corrected chi connectivity index (χ2v) is 7.23. The van der Waals surface area contributed by atoms with E-state index in [1.807, 2.05) is 0 Å². The third-order valence-corrected chi connectivity index (χ3v) is 5.88. The van der Waals surface area contributed by atoms with Gasteiger partial charge in [0.1, 0.15) is 0 Å². The van der Waals surface area contributed by atoms with Crippen LogP contribution in [0, 0.1) is 5.41 Å². The van der Waals surface area contributed by atoms with Gasteiger partial charge in [-0.2, -0.15) is 0 Å². The van der Waals surface area contributed by atoms with Crippen molar-refractivity contribution in [2.24, 2.45) is 5.41 Å². The number of ether oxygens (including phenoxy) is 1. The first kappa shape index (κ1) is 15.0. The van der Waals surface area contributed by atoms with Crippen LogP contribution in [-0.4, -0.2) is 49.7 Å². The molecule has 4 rings (SSSR count). The van der Waals surface area contributed by atoms with Crippen molar-refractivity contribution in [3.8, 4) is 0 Å². The van der Waals surface area contributed by atoms with Gasteiger partial charge in [-0.15, -0.1) is 0 Å². The quantitative estimate of drug-likeness (QED) is 0.841. The van der Waals surface area contributed by atoms with E-state index in [2.05, 4.69) is 40.1 Å². The van der Waals surface area contributed by atoms with E-state index in [1.54, 1.807) is 0 Å². The Kier molecular flexibility index (Phi) is 4.02. The molecule has 1 aromatic rings. The number of hydrogen-bond acceptors (Lipinski definition) is 3. The summed E-state index contributed by atoms with van der Waals surface area (Å²) in [5.41, 5.74) is 1.11. The van der Waals surface area contributed by atoms with Gasteiger partial charge < -0.3 is 14.5 Å². The lowest BCUT2D eigenvalue weighted by atomic mass is 9.78. The van der Waals surface area contributed by atoms with Gasteiger partial charge >= 0.3 is 0 Å². The maximum Gasteiger partial charge on any atom is 0.230 e. The summed E-state index contributed by atoms with van der Waals surface area (Å²) in [5.74, 6) is 0.407. The lowest BCUT2D eigenvalue weighted by Crippen LogP contribution is -2.50. The summed E-state index contributed by atoms with van der Waals surface area (Å²) in [4.78, 5) is 17.8. The van der Waals surface area contributed by atoms with Crippen molar-refractivity contribution in [2.45, 2.75) is 38.1 Å². The van der Waals surface area contributed by atoms with Crippen LogP contribution in [0.4, 0.5) is 5.69 Å². The number of amides is 1. The molecule has 0 aliphatic carbocycles. The molecule has 23 heavy (non-hydrogen) atoms. The first-order chi connectivity index (χ1) is 11.3. The minimum Gasteiger partial charge on any atom is -0.381 e. The summed E-state index contributed by atoms with van der Waals surface area (Å²) in [5, 5.41) is 0. The normalized spacial score (nSPS) is 29.5. The molecule has 0 aromatic heterocycles. The zero-order valence-electron chi connectivity index (χ0n) is 13.7. The smallest absolute Gasteiger partial charge is 0.230 e. The highest BCUT2D eigenvalue weighted by atomic mass is 16.5. The van der Waals surface area contributed by atoms with Gasteiger partial charge in [0.15, 0.2) is 0 Å². The zero-order chi connectivity index (χ0) is 15.7. The van der Waals surface area contributed by atoms with E-state index in [-0.39, 0.29) is 5.41 Å². The standard InChI is InChI=1S/C19H26N2O2/c22-18-19(10-12-21(18)17-7-13-23-14-8-17)9-4-11-20(15-19)16-5-2-1-3-6-16/h1-3,5-6,17H,4,7-15H2/t19-/m1/s1. The second kappa shape index (κ2) is 6.16. The monoisotopic (exact) mass is 314 g/mol. The molecule has 1 aromatic carbocycles. The van der Waals surface area contributed by atoms with Crippen molar-refractivity contribution in [3.05, 3.63) is 30.3 Å². The summed E-state index contributed by atoms with van der Waals surface area (Å²) < 4.78 is 5.46. The number of likely N-dealkylation sites (tertiary alicyclic amines) is 1. The van der Waals surface area contributed by atoms with E-state index in [0.29, 0.717) is 11.9 Å². The number of carbonyl (C=O) groups excluding carboxylic acids is 1. The first-order valence-corrected chi connectivity index (χ1v) is 8.97. The molecule has 1 amide bonds. The van der Waals surface area contributed by atoms with Crippen molar-refractivity contribution >= 4 is 11.6 Å². The second-order valence-electron chi connectivity index (χ2n) is 7.23. The highest BCUT2D eigenvalue weighted by molar-refractivity contribution is 5.86. The molecule has 4 nitrogen and oxygen atoms in total. The molecule has 3 fully saturated rings. The molecule has 0 radical (unpaired) electrons. The molecule has 3 heterocycles. The highest BCUT2D eigenvalue weighted by Gasteiger charge is 2.50. The van der Waals surface area contributed by atoms with Crippen LogP contribution in [-0.2, 0) is 9.53 Å². The molecule has 0 unspecified atom stereocenters. The molecule has 3 aliphatic heterocycles. The van der Waals surface area contributed by atoms with Crippen LogP contribution in [0.3, 0.4) is 0 Å². The number of benzene rings is 1. The molecule has 3 saturated heterocycles. The fourth-order valence-corrected chi connectivity index (χ4v) is 4.56. The van der Waals surface area contributed by atoms with Gasteiger partial charge in [0, 0.05) is 44.6 Å². The Balaban J connectivity index is 1.50. The third-order valence-electron chi connectivity index (χ3n) is 5.88. The lowest BCUT2D eigenvalue weighted by molar-refractivity contribution is -0.139. The van der Waals surface area contributed by atoms with E-state index >= 15 is 0 Å². The Bertz CT molecular complexity index is 556. The van der Waals surface area contributed by atoms with Crippen LogP contribution < -0.4 is 4.90 Å². The Labute approximate surface area is 138 Å². The Morgan fingerprint density at radius 1 is 1.04 bits per heavy atom. The van der Waals surface area contributed by atoms with Crippen LogP contribution >= 0.6 is 0 Å². The van der Waals surface area contributed by atoms with Crippen LogP contribution in [0.15, 0.2) is 30.3 Å². The Morgan fingerprint density at radius 2 is 1.83 bits per heavy atom. The van der Waals surface area contributed by atoms with Crippen molar-refractivity contribution in [3.63, 3.8) is 0 Å². The van der Waals surface area contributed by atoms with Crippen LogP contribution in [0.1, 0.15) is 32.1 Å². The van der Waals surface area contributed by atoms with Gasteiger partial charge in [-0.05, 0) is 44.2 Å². The molecule has 1 spiro atoms. The van der Waals surface area contributed by atoms with Crippen LogP contribution in [0.5, 0.6) is 0 Å². The first-order valence-electron chi connectivity index (χ1n) is 8.97. The number of para-hydroxylation sites is 1. The summed E-state index contributed by atoms with van der Waals surface area (Å²) in [6, 6.07) is 10.9. The average Bonchev–Trinajstić information content (AvgIpc) is 2.93. The SMILES string of the molecule is O=C1N(C2CCOCC2)CC[C@@]12CCCN(c1ccccc1)C2. The topological polar surface area (TPSA) is 32.8 Å². The molecule has 0 saturated carbocycles.